The molecule has 5 heteroatoms. The first-order chi connectivity index (χ1) is 5.27. The molecule has 60 valence electrons. The molecule has 5 nitrogen and oxygen atoms in total. The van der Waals surface area contributed by atoms with Gasteiger partial charge in [-0.1, -0.05) is 0 Å². The summed E-state index contributed by atoms with van der Waals surface area (Å²) in [6, 6.07) is 3.43. The molecule has 2 N–H and O–H groups in total. The summed E-state index contributed by atoms with van der Waals surface area (Å²) in [5.41, 5.74) is 0.603. The number of methoxy groups -OCH3 is 1. The van der Waals surface area contributed by atoms with E-state index in [2.05, 4.69) is 10.2 Å². The summed E-state index contributed by atoms with van der Waals surface area (Å²) in [5, 5.41) is 7.47. The monoisotopic (exact) mass is 154 g/mol. The summed E-state index contributed by atoms with van der Waals surface area (Å²) in [6.45, 7) is 0. The molecule has 1 aromatic rings. The van der Waals surface area contributed by atoms with Crippen LogP contribution in [0.3, 0.4) is 0 Å². The molecule has 0 spiro atoms. The minimum atomic E-state index is 0.542. The van der Waals surface area contributed by atoms with E-state index in [1.165, 1.54) is 0 Å². The van der Waals surface area contributed by atoms with Gasteiger partial charge in [0, 0.05) is 13.1 Å². The smallest absolute Gasteiger partial charge is 0.231 e. The lowest BCUT2D eigenvalue weighted by Crippen LogP contribution is -2.21. The third kappa shape index (κ3) is 1.49. The highest BCUT2D eigenvalue weighted by Crippen LogP contribution is 1.97. The molecule has 0 aliphatic heterocycles. The maximum absolute atomic E-state index is 5.07. The van der Waals surface area contributed by atoms with Crippen LogP contribution in [0.5, 0.6) is 5.88 Å². The van der Waals surface area contributed by atoms with Gasteiger partial charge in [0.25, 0.3) is 0 Å². The Bertz CT molecular complexity index is 304. The van der Waals surface area contributed by atoms with Crippen molar-refractivity contribution in [1.82, 2.24) is 9.78 Å². The maximum Gasteiger partial charge on any atom is 0.231 e. The number of rotatable bonds is 1. The van der Waals surface area contributed by atoms with Crippen LogP contribution in [0.4, 0.5) is 0 Å². The van der Waals surface area contributed by atoms with E-state index < -0.39 is 0 Å². The first kappa shape index (κ1) is 7.59. The Morgan fingerprint density at radius 2 is 2.36 bits per heavy atom. The Hall–Kier alpha value is -1.52. The molecule has 0 amide bonds. The highest BCUT2D eigenvalue weighted by atomic mass is 16.5. The molecule has 0 aromatic carbocycles. The summed E-state index contributed by atoms with van der Waals surface area (Å²) in [4.78, 5) is 0. The molecule has 11 heavy (non-hydrogen) atoms. The van der Waals surface area contributed by atoms with Crippen molar-refractivity contribution in [1.29, 1.82) is 0 Å². The zero-order valence-electron chi connectivity index (χ0n) is 6.48. The summed E-state index contributed by atoms with van der Waals surface area (Å²) in [6.07, 6.45) is 0. The van der Waals surface area contributed by atoms with Gasteiger partial charge in [0.15, 0.2) is 5.49 Å². The Morgan fingerprint density at radius 1 is 1.64 bits per heavy atom. The normalized spacial score (nSPS) is 11.6. The number of aromatic nitrogens is 2. The number of nitrogens with two attached hydrogens (primary N) is 1. The van der Waals surface area contributed by atoms with Crippen molar-refractivity contribution in [3.05, 3.63) is 17.6 Å². The quantitative estimate of drug-likeness (QED) is 0.425. The van der Waals surface area contributed by atoms with Gasteiger partial charge in [-0.25, -0.2) is 4.68 Å². The second-order valence-electron chi connectivity index (χ2n) is 1.99. The number of hydrogen-bond donors (Lipinski definition) is 1. The van der Waals surface area contributed by atoms with E-state index >= 15 is 0 Å². The van der Waals surface area contributed by atoms with Crippen LogP contribution < -0.4 is 16.1 Å². The fraction of sp³-hybridized carbons (Fsp3) is 0.333. The fourth-order valence-electron chi connectivity index (χ4n) is 0.722. The molecule has 0 aliphatic carbocycles. The summed E-state index contributed by atoms with van der Waals surface area (Å²) in [5.74, 6) is 5.61. The van der Waals surface area contributed by atoms with Gasteiger partial charge in [-0.15, -0.1) is 5.10 Å². The van der Waals surface area contributed by atoms with E-state index in [1.807, 2.05) is 0 Å². The van der Waals surface area contributed by atoms with Gasteiger partial charge in [0.1, 0.15) is 0 Å². The number of nitrogens with zero attached hydrogens (tertiary/aromatic N) is 3. The minimum Gasteiger partial charge on any atom is -0.480 e. The Morgan fingerprint density at radius 3 is 2.82 bits per heavy atom. The van der Waals surface area contributed by atoms with Crippen LogP contribution >= 0.6 is 0 Å². The zero-order chi connectivity index (χ0) is 8.27. The molecule has 0 saturated heterocycles. The molecule has 0 atom stereocenters. The number of hydrogen-bond acceptors (Lipinski definition) is 4. The van der Waals surface area contributed by atoms with E-state index in [1.54, 1.807) is 31.0 Å². The van der Waals surface area contributed by atoms with Crippen LogP contribution in [0.1, 0.15) is 0 Å². The highest BCUT2D eigenvalue weighted by Gasteiger charge is 1.92. The van der Waals surface area contributed by atoms with Crippen LogP contribution in [-0.2, 0) is 7.05 Å². The van der Waals surface area contributed by atoms with Crippen molar-refractivity contribution < 1.29 is 4.74 Å². The van der Waals surface area contributed by atoms with Gasteiger partial charge in [0.2, 0.25) is 5.88 Å². The van der Waals surface area contributed by atoms with E-state index in [0.717, 1.165) is 0 Å². The second-order valence-corrected chi connectivity index (χ2v) is 1.99. The first-order valence-corrected chi connectivity index (χ1v) is 3.10. The predicted octanol–water partition coefficient (Wildman–Crippen LogP) is -0.797. The molecule has 0 radical (unpaired) electrons. The first-order valence-electron chi connectivity index (χ1n) is 3.10. The van der Waals surface area contributed by atoms with Crippen LogP contribution in [0.2, 0.25) is 0 Å². The van der Waals surface area contributed by atoms with Gasteiger partial charge in [-0.2, -0.15) is 5.10 Å². The molecule has 1 rings (SSSR count). The lowest BCUT2D eigenvalue weighted by Gasteiger charge is -2.00. The third-order valence-electron chi connectivity index (χ3n) is 1.30. The third-order valence-corrected chi connectivity index (χ3v) is 1.30. The molecular formula is C6H10N4O. The largest absolute Gasteiger partial charge is 0.480 e. The van der Waals surface area contributed by atoms with Crippen LogP contribution in [0.15, 0.2) is 17.2 Å². The van der Waals surface area contributed by atoms with E-state index in [-0.39, 0.29) is 0 Å². The average Bonchev–Trinajstić information content (AvgIpc) is 2.04. The highest BCUT2D eigenvalue weighted by molar-refractivity contribution is 5.05. The predicted molar refractivity (Wildman–Crippen MR) is 39.5 cm³/mol. The lowest BCUT2D eigenvalue weighted by molar-refractivity contribution is 0.381. The molecule has 0 bridgehead atoms. The van der Waals surface area contributed by atoms with Gasteiger partial charge < -0.3 is 10.6 Å². The van der Waals surface area contributed by atoms with Crippen molar-refractivity contribution in [2.75, 3.05) is 7.11 Å². The van der Waals surface area contributed by atoms with E-state index in [4.69, 9.17) is 10.6 Å². The average molecular weight is 154 g/mol. The topological polar surface area (TPSA) is 65.4 Å². The summed E-state index contributed by atoms with van der Waals surface area (Å²) < 4.78 is 6.42. The van der Waals surface area contributed by atoms with Gasteiger partial charge in [-0.05, 0) is 6.07 Å². The van der Waals surface area contributed by atoms with Crippen LogP contribution in [0.25, 0.3) is 0 Å². The van der Waals surface area contributed by atoms with Crippen LogP contribution in [-0.4, -0.2) is 16.9 Å². The van der Waals surface area contributed by atoms with Crippen molar-refractivity contribution in [2.24, 2.45) is 18.0 Å². The van der Waals surface area contributed by atoms with Gasteiger partial charge in [-0.3, -0.25) is 0 Å². The van der Waals surface area contributed by atoms with E-state index in [9.17, 15) is 0 Å². The van der Waals surface area contributed by atoms with Gasteiger partial charge in [0.05, 0.1) is 7.11 Å². The van der Waals surface area contributed by atoms with Crippen molar-refractivity contribution in [3.8, 4) is 5.88 Å². The van der Waals surface area contributed by atoms with E-state index in [0.29, 0.717) is 11.4 Å². The van der Waals surface area contributed by atoms with Crippen LogP contribution in [0, 0.1) is 0 Å². The molecule has 0 unspecified atom stereocenters. The second kappa shape index (κ2) is 3.05. The SMILES string of the molecule is COc1ccc(=NN)n(C)n1. The molecule has 0 fully saturated rings. The lowest BCUT2D eigenvalue weighted by atomic mass is 10.5. The summed E-state index contributed by atoms with van der Waals surface area (Å²) in [7, 11) is 3.30. The maximum atomic E-state index is 5.07. The molecule has 0 aliphatic rings. The molecule has 0 saturated carbocycles. The van der Waals surface area contributed by atoms with Crippen molar-refractivity contribution in [3.63, 3.8) is 0 Å². The zero-order valence-corrected chi connectivity index (χ0v) is 6.48. The molecule has 1 aromatic heterocycles. The standard InChI is InChI=1S/C6H10N4O/c1-10-5(8-7)3-4-6(9-10)11-2/h3-4H,7H2,1-2H3. The van der Waals surface area contributed by atoms with Crippen molar-refractivity contribution in [2.45, 2.75) is 0 Å². The van der Waals surface area contributed by atoms with Gasteiger partial charge >= 0.3 is 0 Å². The Kier molecular flexibility index (Phi) is 2.10. The Balaban J connectivity index is 3.21. The Labute approximate surface area is 64.1 Å². The summed E-state index contributed by atoms with van der Waals surface area (Å²) >= 11 is 0. The number of aryl methyl sites for hydroxylation is 1. The number of ether oxygens (including phenoxy) is 1. The minimum absolute atomic E-state index is 0.542. The molecular weight excluding hydrogens is 144 g/mol. The molecule has 1 heterocycles. The van der Waals surface area contributed by atoms with Crippen molar-refractivity contribution >= 4 is 0 Å². The fourth-order valence-corrected chi connectivity index (χ4v) is 0.722.